The molecule has 0 atom stereocenters. The molecule has 0 saturated heterocycles. The minimum Gasteiger partial charge on any atom is -0.325 e. The van der Waals surface area contributed by atoms with E-state index in [0.29, 0.717) is 27.4 Å². The Labute approximate surface area is 187 Å². The maximum atomic E-state index is 13.5. The zero-order valence-electron chi connectivity index (χ0n) is 16.4. The van der Waals surface area contributed by atoms with Crippen molar-refractivity contribution in [2.24, 2.45) is 0 Å². The van der Waals surface area contributed by atoms with Crippen molar-refractivity contribution in [3.63, 3.8) is 0 Å². The zero-order valence-corrected chi connectivity index (χ0v) is 18.0. The molecule has 0 fully saturated rings. The number of carbonyl (C=O) groups excluding carboxylic acids is 1. The van der Waals surface area contributed by atoms with E-state index < -0.39 is 0 Å². The highest BCUT2D eigenvalue weighted by Gasteiger charge is 2.18. The fourth-order valence-electron chi connectivity index (χ4n) is 2.93. The van der Waals surface area contributed by atoms with Crippen LogP contribution in [0.25, 0.3) is 17.1 Å². The van der Waals surface area contributed by atoms with Gasteiger partial charge in [-0.3, -0.25) is 14.3 Å². The van der Waals surface area contributed by atoms with Gasteiger partial charge in [0.25, 0.3) is 0 Å². The summed E-state index contributed by atoms with van der Waals surface area (Å²) in [6.45, 7) is 1.84. The highest BCUT2D eigenvalue weighted by atomic mass is 35.5. The van der Waals surface area contributed by atoms with Crippen LogP contribution in [0.1, 0.15) is 5.56 Å². The SMILES string of the molecule is Cc1c(Cl)cccc1NC(=O)CSc1nnc(-c2ccncc2)n1-c1ccc(F)cc1. The van der Waals surface area contributed by atoms with Gasteiger partial charge >= 0.3 is 0 Å². The Kier molecular flexibility index (Phi) is 6.29. The summed E-state index contributed by atoms with van der Waals surface area (Å²) in [5.41, 5.74) is 2.96. The van der Waals surface area contributed by atoms with E-state index in [1.54, 1.807) is 47.3 Å². The topological polar surface area (TPSA) is 72.7 Å². The molecule has 9 heteroatoms. The monoisotopic (exact) mass is 453 g/mol. The molecule has 0 unspecified atom stereocenters. The molecule has 0 aliphatic rings. The van der Waals surface area contributed by atoms with Crippen LogP contribution < -0.4 is 5.32 Å². The minimum atomic E-state index is -0.340. The van der Waals surface area contributed by atoms with Crippen LogP contribution in [0.5, 0.6) is 0 Å². The average Bonchev–Trinajstić information content (AvgIpc) is 3.21. The molecule has 0 spiro atoms. The van der Waals surface area contributed by atoms with Crippen LogP contribution >= 0.6 is 23.4 Å². The predicted molar refractivity (Wildman–Crippen MR) is 120 cm³/mol. The highest BCUT2D eigenvalue weighted by molar-refractivity contribution is 7.99. The number of thioether (sulfide) groups is 1. The number of benzene rings is 2. The van der Waals surface area contributed by atoms with Gasteiger partial charge in [-0.25, -0.2) is 4.39 Å². The van der Waals surface area contributed by atoms with E-state index >= 15 is 0 Å². The molecule has 6 nitrogen and oxygen atoms in total. The van der Waals surface area contributed by atoms with Crippen LogP contribution in [-0.2, 0) is 4.79 Å². The van der Waals surface area contributed by atoms with Crippen LogP contribution in [-0.4, -0.2) is 31.4 Å². The van der Waals surface area contributed by atoms with Crippen molar-refractivity contribution in [1.82, 2.24) is 19.7 Å². The molecular formula is C22H17ClFN5OS. The molecule has 4 aromatic rings. The number of hydrogen-bond donors (Lipinski definition) is 1. The summed E-state index contributed by atoms with van der Waals surface area (Å²) in [5.74, 6) is 0.145. The lowest BCUT2D eigenvalue weighted by Crippen LogP contribution is -2.15. The van der Waals surface area contributed by atoms with Gasteiger partial charge in [0.1, 0.15) is 5.82 Å². The third-order valence-corrected chi connectivity index (χ3v) is 5.87. The largest absolute Gasteiger partial charge is 0.325 e. The Bertz CT molecular complexity index is 1210. The molecule has 0 aliphatic heterocycles. The Morgan fingerprint density at radius 1 is 1.10 bits per heavy atom. The fraction of sp³-hybridized carbons (Fsp3) is 0.0909. The second-order valence-corrected chi connectivity index (χ2v) is 7.95. The van der Waals surface area contributed by atoms with Crippen molar-refractivity contribution in [1.29, 1.82) is 0 Å². The van der Waals surface area contributed by atoms with Gasteiger partial charge in [-0.2, -0.15) is 0 Å². The van der Waals surface area contributed by atoms with Crippen LogP contribution in [0.2, 0.25) is 5.02 Å². The Hall–Kier alpha value is -3.23. The van der Waals surface area contributed by atoms with Gasteiger partial charge < -0.3 is 5.32 Å². The summed E-state index contributed by atoms with van der Waals surface area (Å²) in [5, 5.41) is 12.5. The summed E-state index contributed by atoms with van der Waals surface area (Å²) in [6.07, 6.45) is 3.32. The standard InChI is InChI=1S/C22H17ClFN5OS/c1-14-18(23)3-2-4-19(14)26-20(30)13-31-22-28-27-21(15-9-11-25-12-10-15)29(22)17-7-5-16(24)6-8-17/h2-12H,13H2,1H3,(H,26,30). The summed E-state index contributed by atoms with van der Waals surface area (Å²) >= 11 is 7.36. The number of pyridine rings is 1. The molecule has 1 amide bonds. The van der Waals surface area contributed by atoms with Crippen molar-refractivity contribution >= 4 is 35.0 Å². The van der Waals surface area contributed by atoms with Gasteiger partial charge in [0, 0.05) is 34.4 Å². The summed E-state index contributed by atoms with van der Waals surface area (Å²) < 4.78 is 15.2. The van der Waals surface area contributed by atoms with Gasteiger partial charge in [-0.15, -0.1) is 10.2 Å². The molecule has 156 valence electrons. The Balaban J connectivity index is 1.59. The number of aromatic nitrogens is 4. The second kappa shape index (κ2) is 9.28. The van der Waals surface area contributed by atoms with Crippen LogP contribution in [0, 0.1) is 12.7 Å². The van der Waals surface area contributed by atoms with Gasteiger partial charge in [-0.05, 0) is 61.0 Å². The zero-order chi connectivity index (χ0) is 21.8. The lowest BCUT2D eigenvalue weighted by atomic mass is 10.2. The highest BCUT2D eigenvalue weighted by Crippen LogP contribution is 2.28. The van der Waals surface area contributed by atoms with Crippen LogP contribution in [0.4, 0.5) is 10.1 Å². The first-order chi connectivity index (χ1) is 15.0. The van der Waals surface area contributed by atoms with Crippen molar-refractivity contribution in [3.05, 3.63) is 83.4 Å². The van der Waals surface area contributed by atoms with Gasteiger partial charge in [0.15, 0.2) is 11.0 Å². The van der Waals surface area contributed by atoms with Crippen molar-refractivity contribution < 1.29 is 9.18 Å². The molecule has 2 aromatic carbocycles. The average molecular weight is 454 g/mol. The van der Waals surface area contributed by atoms with E-state index in [1.807, 2.05) is 19.1 Å². The summed E-state index contributed by atoms with van der Waals surface area (Å²) in [6, 6.07) is 15.0. The lowest BCUT2D eigenvalue weighted by molar-refractivity contribution is -0.113. The van der Waals surface area contributed by atoms with Gasteiger partial charge in [-0.1, -0.05) is 29.4 Å². The number of hydrogen-bond acceptors (Lipinski definition) is 5. The fourth-order valence-corrected chi connectivity index (χ4v) is 3.86. The van der Waals surface area contributed by atoms with Crippen molar-refractivity contribution in [2.75, 3.05) is 11.1 Å². The Morgan fingerprint density at radius 2 is 1.84 bits per heavy atom. The van der Waals surface area contributed by atoms with E-state index in [9.17, 15) is 9.18 Å². The predicted octanol–water partition coefficient (Wildman–Crippen LogP) is 5.16. The second-order valence-electron chi connectivity index (χ2n) is 6.60. The molecular weight excluding hydrogens is 437 g/mol. The van der Waals surface area contributed by atoms with Crippen molar-refractivity contribution in [3.8, 4) is 17.1 Å². The number of carbonyl (C=O) groups is 1. The van der Waals surface area contributed by atoms with E-state index in [-0.39, 0.29) is 17.5 Å². The normalized spacial score (nSPS) is 10.8. The first kappa shape index (κ1) is 21.0. The van der Waals surface area contributed by atoms with E-state index in [0.717, 1.165) is 11.1 Å². The number of anilines is 1. The molecule has 0 saturated carbocycles. The van der Waals surface area contributed by atoms with Crippen molar-refractivity contribution in [2.45, 2.75) is 12.1 Å². The maximum Gasteiger partial charge on any atom is 0.234 e. The smallest absolute Gasteiger partial charge is 0.234 e. The first-order valence-electron chi connectivity index (χ1n) is 9.32. The molecule has 4 rings (SSSR count). The van der Waals surface area contributed by atoms with E-state index in [2.05, 4.69) is 20.5 Å². The lowest BCUT2D eigenvalue weighted by Gasteiger charge is -2.11. The summed E-state index contributed by atoms with van der Waals surface area (Å²) in [4.78, 5) is 16.6. The molecule has 31 heavy (non-hydrogen) atoms. The molecule has 0 bridgehead atoms. The Morgan fingerprint density at radius 3 is 2.58 bits per heavy atom. The van der Waals surface area contributed by atoms with E-state index in [4.69, 9.17) is 11.6 Å². The minimum absolute atomic E-state index is 0.113. The quantitative estimate of drug-likeness (QED) is 0.408. The molecule has 1 N–H and O–H groups in total. The van der Waals surface area contributed by atoms with E-state index in [1.165, 1.54) is 23.9 Å². The number of halogens is 2. The number of nitrogens with one attached hydrogen (secondary N) is 1. The number of nitrogens with zero attached hydrogens (tertiary/aromatic N) is 4. The molecule has 2 heterocycles. The number of amides is 1. The molecule has 0 aliphatic carbocycles. The van der Waals surface area contributed by atoms with Crippen LogP contribution in [0.3, 0.4) is 0 Å². The first-order valence-corrected chi connectivity index (χ1v) is 10.7. The maximum absolute atomic E-state index is 13.5. The summed E-state index contributed by atoms with van der Waals surface area (Å²) in [7, 11) is 0. The molecule has 2 aromatic heterocycles. The van der Waals surface area contributed by atoms with Crippen LogP contribution in [0.15, 0.2) is 72.1 Å². The molecule has 0 radical (unpaired) electrons. The third kappa shape index (κ3) is 4.76. The van der Waals surface area contributed by atoms with Gasteiger partial charge in [0.2, 0.25) is 5.91 Å². The number of rotatable bonds is 6. The third-order valence-electron chi connectivity index (χ3n) is 4.53. The van der Waals surface area contributed by atoms with Gasteiger partial charge in [0.05, 0.1) is 5.75 Å².